The van der Waals surface area contributed by atoms with Crippen molar-refractivity contribution >= 4 is 52.8 Å². The molecule has 0 amide bonds. The number of phosphoric acid groups is 1. The van der Waals surface area contributed by atoms with Gasteiger partial charge in [0.2, 0.25) is 5.60 Å². The van der Waals surface area contributed by atoms with E-state index in [0.29, 0.717) is 11.2 Å². The van der Waals surface area contributed by atoms with Gasteiger partial charge in [0.05, 0.1) is 36.7 Å². The highest BCUT2D eigenvalue weighted by Crippen LogP contribution is 2.51. The molecule has 0 aliphatic carbocycles. The van der Waals surface area contributed by atoms with Gasteiger partial charge in [-0.05, 0) is 18.2 Å². The van der Waals surface area contributed by atoms with Crippen LogP contribution in [0.5, 0.6) is 0 Å². The largest absolute Gasteiger partial charge is 0.474 e. The molecule has 0 aromatic carbocycles. The molecule has 0 saturated carbocycles. The third-order valence-electron chi connectivity index (χ3n) is 6.35. The van der Waals surface area contributed by atoms with Crippen LogP contribution in [0.1, 0.15) is 47.2 Å². The van der Waals surface area contributed by atoms with Crippen molar-refractivity contribution < 1.29 is 42.7 Å². The molecule has 0 radical (unpaired) electrons. The summed E-state index contributed by atoms with van der Waals surface area (Å²) in [6, 6.07) is 6.62. The van der Waals surface area contributed by atoms with E-state index in [1.165, 1.54) is 16.8 Å². The normalized spacial score (nSPS) is 23.0. The van der Waals surface area contributed by atoms with E-state index in [2.05, 4.69) is 5.10 Å². The first-order chi connectivity index (χ1) is 19.9. The summed E-state index contributed by atoms with van der Waals surface area (Å²) in [6.07, 6.45) is -3.26. The molecule has 2 aromatic heterocycles. The van der Waals surface area contributed by atoms with Gasteiger partial charge >= 0.3 is 7.82 Å². The number of thioether (sulfide) groups is 2. The number of carbonyl (C=O) groups is 2. The van der Waals surface area contributed by atoms with Gasteiger partial charge in [-0.25, -0.2) is 9.08 Å². The zero-order chi connectivity index (χ0) is 32.2. The molecule has 0 spiro atoms. The number of aromatic nitrogens is 2. The van der Waals surface area contributed by atoms with E-state index in [0.717, 1.165) is 23.5 Å². The quantitative estimate of drug-likeness (QED) is 0.221. The van der Waals surface area contributed by atoms with Gasteiger partial charge in [0.1, 0.15) is 24.4 Å². The highest BCUT2D eigenvalue weighted by atomic mass is 32.2. The molecule has 1 aliphatic rings. The number of nitrogens with two attached hydrogens (primary N) is 1. The Hall–Kier alpha value is -1.99. The van der Waals surface area contributed by atoms with Crippen LogP contribution in [-0.2, 0) is 38.1 Å². The summed E-state index contributed by atoms with van der Waals surface area (Å²) >= 11 is 2.02. The maximum atomic E-state index is 13.6. The van der Waals surface area contributed by atoms with Crippen molar-refractivity contribution in [1.29, 1.82) is 5.26 Å². The van der Waals surface area contributed by atoms with Crippen molar-refractivity contribution in [3.8, 4) is 6.07 Å². The minimum atomic E-state index is -4.31. The van der Waals surface area contributed by atoms with Gasteiger partial charge in [0.25, 0.3) is 0 Å². The molecule has 0 unspecified atom stereocenters. The number of fused-ring (bicyclic) bond motifs is 1. The Labute approximate surface area is 259 Å². The lowest BCUT2D eigenvalue weighted by Crippen LogP contribution is -2.41. The summed E-state index contributed by atoms with van der Waals surface area (Å²) in [5.74, 6) is 0.334. The lowest BCUT2D eigenvalue weighted by atomic mass is 9.92. The van der Waals surface area contributed by atoms with E-state index in [1.807, 2.05) is 6.07 Å². The van der Waals surface area contributed by atoms with Crippen LogP contribution in [0.15, 0.2) is 24.4 Å². The number of nitrogens with zero attached hydrogens (tertiary/aromatic N) is 3. The Morgan fingerprint density at radius 2 is 1.63 bits per heavy atom. The molecule has 3 rings (SSSR count). The van der Waals surface area contributed by atoms with Crippen LogP contribution in [0.3, 0.4) is 0 Å². The maximum Gasteiger partial charge on any atom is 0.474 e. The Kier molecular flexibility index (Phi) is 11.5. The molecule has 238 valence electrons. The summed E-state index contributed by atoms with van der Waals surface area (Å²) in [5, 5.41) is 36.0. The second-order valence-electron chi connectivity index (χ2n) is 11.9. The van der Waals surface area contributed by atoms with E-state index in [9.17, 15) is 29.6 Å². The number of nitrogen functional groups attached to an aromatic ring is 1. The van der Waals surface area contributed by atoms with E-state index in [1.54, 1.807) is 53.7 Å². The first-order valence-electron chi connectivity index (χ1n) is 13.5. The number of aliphatic hydroxyl groups excluding tert-OH is 2. The molecule has 4 N–H and O–H groups in total. The van der Waals surface area contributed by atoms with Gasteiger partial charge in [-0.3, -0.25) is 23.2 Å². The van der Waals surface area contributed by atoms with Crippen molar-refractivity contribution in [1.82, 2.24) is 9.61 Å². The molecule has 4 atom stereocenters. The van der Waals surface area contributed by atoms with Crippen LogP contribution in [0.25, 0.3) is 5.52 Å². The molecular formula is C27H39N4O9PS2. The first-order valence-corrected chi connectivity index (χ1v) is 16.9. The zero-order valence-electron chi connectivity index (χ0n) is 25.0. The lowest BCUT2D eigenvalue weighted by Gasteiger charge is -2.24. The number of phosphoric ester groups is 1. The Morgan fingerprint density at radius 3 is 2.14 bits per heavy atom. The van der Waals surface area contributed by atoms with Crippen molar-refractivity contribution in [3.63, 3.8) is 0 Å². The third kappa shape index (κ3) is 8.39. The van der Waals surface area contributed by atoms with E-state index in [-0.39, 0.29) is 40.6 Å². The number of anilines is 1. The number of rotatable bonds is 12. The van der Waals surface area contributed by atoms with Crippen LogP contribution in [0.4, 0.5) is 5.69 Å². The molecular weight excluding hydrogens is 619 g/mol. The van der Waals surface area contributed by atoms with Crippen LogP contribution in [0, 0.1) is 22.2 Å². The minimum Gasteiger partial charge on any atom is -0.397 e. The fourth-order valence-corrected chi connectivity index (χ4v) is 6.91. The molecule has 13 nitrogen and oxygen atoms in total. The van der Waals surface area contributed by atoms with Crippen LogP contribution in [0.2, 0.25) is 0 Å². The second kappa shape index (κ2) is 14.0. The predicted octanol–water partition coefficient (Wildman–Crippen LogP) is 3.53. The zero-order valence-corrected chi connectivity index (χ0v) is 27.5. The molecule has 3 heterocycles. The molecule has 1 aliphatic heterocycles. The van der Waals surface area contributed by atoms with Crippen molar-refractivity contribution in [3.05, 3.63) is 30.1 Å². The standard InChI is InChI=1S/C27H39N4O9PS2/c1-25(2,3)23(34)42-13-11-37-41(36,38-12-14-43-24(35)26(4,5)6)39-15-19-21(32)22(33)27(16-28,40-19)20-8-7-18-17(29)9-10-30-31(18)20/h7-10,19,21-22,32-33H,11-15,29H2,1-6H3/t19-,21-,22-,27+/m1/s1. The average Bonchev–Trinajstić information content (AvgIpc) is 3.47. The lowest BCUT2D eigenvalue weighted by molar-refractivity contribution is -0.118. The third-order valence-corrected chi connectivity index (χ3v) is 10.3. The van der Waals surface area contributed by atoms with Crippen LogP contribution in [-0.4, -0.2) is 79.7 Å². The summed E-state index contributed by atoms with van der Waals surface area (Å²) in [4.78, 5) is 24.5. The van der Waals surface area contributed by atoms with Gasteiger partial charge in [-0.15, -0.1) is 0 Å². The van der Waals surface area contributed by atoms with E-state index >= 15 is 0 Å². The highest BCUT2D eigenvalue weighted by molar-refractivity contribution is 8.14. The maximum absolute atomic E-state index is 13.6. The fourth-order valence-electron chi connectivity index (χ4n) is 3.91. The summed E-state index contributed by atoms with van der Waals surface area (Å²) in [7, 11) is -4.31. The molecule has 1 saturated heterocycles. The number of ether oxygens (including phenoxy) is 1. The Morgan fingerprint density at radius 1 is 1.07 bits per heavy atom. The molecule has 0 bridgehead atoms. The summed E-state index contributed by atoms with van der Waals surface area (Å²) in [5.41, 5.74) is 3.76. The number of hydrogen-bond acceptors (Lipinski definition) is 14. The smallest absolute Gasteiger partial charge is 0.397 e. The van der Waals surface area contributed by atoms with E-state index in [4.69, 9.17) is 24.0 Å². The van der Waals surface area contributed by atoms with E-state index < -0.39 is 49.2 Å². The van der Waals surface area contributed by atoms with Crippen LogP contribution < -0.4 is 5.73 Å². The number of nitriles is 1. The van der Waals surface area contributed by atoms with Gasteiger partial charge in [-0.2, -0.15) is 10.4 Å². The topological polar surface area (TPSA) is 196 Å². The average molecular weight is 659 g/mol. The number of aliphatic hydroxyl groups is 2. The summed E-state index contributed by atoms with van der Waals surface area (Å²) in [6.45, 7) is 9.76. The van der Waals surface area contributed by atoms with Crippen molar-refractivity contribution in [2.24, 2.45) is 10.8 Å². The summed E-state index contributed by atoms with van der Waals surface area (Å²) < 4.78 is 37.2. The number of carbonyl (C=O) groups excluding carboxylic acids is 2. The van der Waals surface area contributed by atoms with Gasteiger partial charge in [-0.1, -0.05) is 65.1 Å². The Bertz CT molecular complexity index is 1360. The SMILES string of the molecule is CC(C)(C)C(=O)SCCOP(=O)(OCCSC(=O)C(C)(C)C)OC[C@H]1O[C@@](C#N)(c2ccc3c(N)ccnn23)[C@H](O)[C@@H]1O. The van der Waals surface area contributed by atoms with Crippen molar-refractivity contribution in [2.75, 3.05) is 37.1 Å². The molecule has 1 fully saturated rings. The Balaban J connectivity index is 1.72. The highest BCUT2D eigenvalue weighted by Gasteiger charge is 2.58. The number of hydrogen-bond donors (Lipinski definition) is 3. The van der Waals surface area contributed by atoms with Gasteiger partial charge < -0.3 is 20.7 Å². The molecule has 43 heavy (non-hydrogen) atoms. The predicted molar refractivity (Wildman–Crippen MR) is 163 cm³/mol. The fraction of sp³-hybridized carbons (Fsp3) is 0.630. The monoisotopic (exact) mass is 658 g/mol. The molecule has 2 aromatic rings. The van der Waals surface area contributed by atoms with Crippen molar-refractivity contribution in [2.45, 2.75) is 65.5 Å². The molecule has 16 heteroatoms. The first kappa shape index (κ1) is 35.5. The second-order valence-corrected chi connectivity index (χ2v) is 15.7. The van der Waals surface area contributed by atoms with Gasteiger partial charge in [0.15, 0.2) is 10.2 Å². The van der Waals surface area contributed by atoms with Gasteiger partial charge in [0, 0.05) is 28.5 Å². The minimum absolute atomic E-state index is 0.0803. The van der Waals surface area contributed by atoms with Crippen LogP contribution >= 0.6 is 31.3 Å².